The summed E-state index contributed by atoms with van der Waals surface area (Å²) in [7, 11) is 0. The Morgan fingerprint density at radius 3 is 2.30 bits per heavy atom. The van der Waals surface area contributed by atoms with Gasteiger partial charge in [0.25, 0.3) is 0 Å². The lowest BCUT2D eigenvalue weighted by molar-refractivity contribution is -0.123. The number of hydrogen-bond donors (Lipinski definition) is 2. The van der Waals surface area contributed by atoms with Crippen LogP contribution in [0.4, 0.5) is 5.69 Å². The van der Waals surface area contributed by atoms with Gasteiger partial charge in [-0.05, 0) is 61.5 Å². The van der Waals surface area contributed by atoms with Gasteiger partial charge in [-0.2, -0.15) is 0 Å². The molecule has 0 unspecified atom stereocenters. The van der Waals surface area contributed by atoms with Crippen LogP contribution in [0.5, 0.6) is 0 Å². The number of carbonyl (C=O) groups is 2. The van der Waals surface area contributed by atoms with Crippen LogP contribution >= 0.6 is 0 Å². The fourth-order valence-electron chi connectivity index (χ4n) is 3.79. The first-order valence-corrected chi connectivity index (χ1v) is 10.9. The minimum absolute atomic E-state index is 0.0123. The van der Waals surface area contributed by atoms with Gasteiger partial charge in [0.2, 0.25) is 11.8 Å². The van der Waals surface area contributed by atoms with Gasteiger partial charge in [0.1, 0.15) is 0 Å². The standard InChI is InChI=1S/C25H33N3O2/c1-19(2)21-10-8-20(9-11-21)12-15-26-24(29)18-28-16-13-22(14-17-28)25(30)27-23-6-4-3-5-7-23/h3-11,19,22H,12-18H2,1-2H3,(H,26,29)(H,27,30). The summed E-state index contributed by atoms with van der Waals surface area (Å²) in [6.45, 7) is 6.98. The maximum atomic E-state index is 12.4. The Morgan fingerprint density at radius 1 is 1.00 bits per heavy atom. The van der Waals surface area contributed by atoms with Crippen molar-refractivity contribution in [3.63, 3.8) is 0 Å². The molecular weight excluding hydrogens is 374 g/mol. The summed E-state index contributed by atoms with van der Waals surface area (Å²) in [5.41, 5.74) is 3.41. The topological polar surface area (TPSA) is 61.4 Å². The zero-order chi connectivity index (χ0) is 21.3. The molecule has 1 saturated heterocycles. The third-order valence-electron chi connectivity index (χ3n) is 5.75. The van der Waals surface area contributed by atoms with E-state index in [9.17, 15) is 9.59 Å². The number of nitrogens with one attached hydrogen (secondary N) is 2. The predicted molar refractivity (Wildman–Crippen MR) is 121 cm³/mol. The van der Waals surface area contributed by atoms with Gasteiger partial charge in [-0.3, -0.25) is 14.5 Å². The minimum atomic E-state index is 0.0123. The SMILES string of the molecule is CC(C)c1ccc(CCNC(=O)CN2CCC(C(=O)Nc3ccccc3)CC2)cc1. The molecule has 0 aliphatic carbocycles. The number of amides is 2. The van der Waals surface area contributed by atoms with E-state index in [2.05, 4.69) is 53.6 Å². The molecule has 0 spiro atoms. The van der Waals surface area contributed by atoms with E-state index in [1.54, 1.807) is 0 Å². The van der Waals surface area contributed by atoms with Crippen LogP contribution in [0.15, 0.2) is 54.6 Å². The van der Waals surface area contributed by atoms with Crippen molar-refractivity contribution in [1.29, 1.82) is 0 Å². The van der Waals surface area contributed by atoms with Crippen molar-refractivity contribution in [3.8, 4) is 0 Å². The number of benzene rings is 2. The molecule has 2 N–H and O–H groups in total. The third-order valence-corrected chi connectivity index (χ3v) is 5.75. The number of para-hydroxylation sites is 1. The summed E-state index contributed by atoms with van der Waals surface area (Å²) in [5, 5.41) is 6.01. The van der Waals surface area contributed by atoms with E-state index in [-0.39, 0.29) is 17.7 Å². The maximum absolute atomic E-state index is 12.4. The summed E-state index contributed by atoms with van der Waals surface area (Å²) in [6, 6.07) is 18.2. The van der Waals surface area contributed by atoms with Gasteiger partial charge >= 0.3 is 0 Å². The second-order valence-corrected chi connectivity index (χ2v) is 8.40. The molecule has 5 nitrogen and oxygen atoms in total. The van der Waals surface area contributed by atoms with Crippen LogP contribution in [-0.4, -0.2) is 42.9 Å². The molecule has 0 atom stereocenters. The summed E-state index contributed by atoms with van der Waals surface area (Å²) >= 11 is 0. The molecule has 0 aromatic heterocycles. The second-order valence-electron chi connectivity index (χ2n) is 8.40. The molecule has 30 heavy (non-hydrogen) atoms. The van der Waals surface area contributed by atoms with Crippen LogP contribution in [0, 0.1) is 5.92 Å². The van der Waals surface area contributed by atoms with Crippen molar-refractivity contribution in [1.82, 2.24) is 10.2 Å². The first-order chi connectivity index (χ1) is 14.5. The molecule has 2 amide bonds. The first-order valence-electron chi connectivity index (χ1n) is 10.9. The van der Waals surface area contributed by atoms with E-state index < -0.39 is 0 Å². The van der Waals surface area contributed by atoms with Crippen molar-refractivity contribution < 1.29 is 9.59 Å². The molecule has 160 valence electrons. The highest BCUT2D eigenvalue weighted by molar-refractivity contribution is 5.92. The van der Waals surface area contributed by atoms with Crippen LogP contribution in [-0.2, 0) is 16.0 Å². The van der Waals surface area contributed by atoms with E-state index >= 15 is 0 Å². The number of nitrogens with zero attached hydrogens (tertiary/aromatic N) is 1. The van der Waals surface area contributed by atoms with E-state index in [0.29, 0.717) is 19.0 Å². The normalized spacial score (nSPS) is 15.2. The summed E-state index contributed by atoms with van der Waals surface area (Å²) in [6.07, 6.45) is 2.41. The molecule has 1 fully saturated rings. The fraction of sp³-hybridized carbons (Fsp3) is 0.440. The van der Waals surface area contributed by atoms with Gasteiger partial charge < -0.3 is 10.6 Å². The molecule has 2 aromatic carbocycles. The van der Waals surface area contributed by atoms with E-state index in [4.69, 9.17) is 0 Å². The first kappa shape index (κ1) is 22.0. The summed E-state index contributed by atoms with van der Waals surface area (Å²) < 4.78 is 0. The average Bonchev–Trinajstić information content (AvgIpc) is 2.75. The zero-order valence-electron chi connectivity index (χ0n) is 18.1. The minimum Gasteiger partial charge on any atom is -0.355 e. The van der Waals surface area contributed by atoms with Crippen molar-refractivity contribution >= 4 is 17.5 Å². The molecular formula is C25H33N3O2. The highest BCUT2D eigenvalue weighted by Gasteiger charge is 2.25. The second kappa shape index (κ2) is 10.9. The Labute approximate surface area is 179 Å². The number of carbonyl (C=O) groups excluding carboxylic acids is 2. The molecule has 1 aliphatic rings. The van der Waals surface area contributed by atoms with E-state index in [1.807, 2.05) is 30.3 Å². The van der Waals surface area contributed by atoms with E-state index in [0.717, 1.165) is 38.0 Å². The molecule has 0 radical (unpaired) electrons. The van der Waals surface area contributed by atoms with Gasteiger partial charge in [0.05, 0.1) is 6.54 Å². The van der Waals surface area contributed by atoms with Crippen LogP contribution in [0.25, 0.3) is 0 Å². The number of likely N-dealkylation sites (tertiary alicyclic amines) is 1. The zero-order valence-corrected chi connectivity index (χ0v) is 18.1. The van der Waals surface area contributed by atoms with Crippen LogP contribution in [0.2, 0.25) is 0 Å². The Kier molecular flexibility index (Phi) is 8.03. The maximum Gasteiger partial charge on any atom is 0.234 e. The van der Waals surface area contributed by atoms with Crippen molar-refractivity contribution in [3.05, 3.63) is 65.7 Å². The Balaban J connectivity index is 1.33. The number of anilines is 1. The Morgan fingerprint density at radius 2 is 1.67 bits per heavy atom. The number of piperidine rings is 1. The van der Waals surface area contributed by atoms with Crippen LogP contribution in [0.1, 0.15) is 43.7 Å². The molecule has 1 aliphatic heterocycles. The quantitative estimate of drug-likeness (QED) is 0.699. The largest absolute Gasteiger partial charge is 0.355 e. The third kappa shape index (κ3) is 6.70. The smallest absolute Gasteiger partial charge is 0.234 e. The monoisotopic (exact) mass is 407 g/mol. The van der Waals surface area contributed by atoms with E-state index in [1.165, 1.54) is 11.1 Å². The highest BCUT2D eigenvalue weighted by atomic mass is 16.2. The summed E-state index contributed by atoms with van der Waals surface area (Å²) in [5.74, 6) is 0.681. The van der Waals surface area contributed by atoms with Crippen molar-refractivity contribution in [2.45, 2.75) is 39.0 Å². The van der Waals surface area contributed by atoms with Gasteiger partial charge in [-0.15, -0.1) is 0 Å². The fourth-order valence-corrected chi connectivity index (χ4v) is 3.79. The number of hydrogen-bond acceptors (Lipinski definition) is 3. The molecule has 0 saturated carbocycles. The highest BCUT2D eigenvalue weighted by Crippen LogP contribution is 2.19. The predicted octanol–water partition coefficient (Wildman–Crippen LogP) is 3.82. The molecule has 1 heterocycles. The molecule has 2 aromatic rings. The lowest BCUT2D eigenvalue weighted by Crippen LogP contribution is -2.43. The van der Waals surface area contributed by atoms with Crippen molar-refractivity contribution in [2.24, 2.45) is 5.92 Å². The Bertz CT molecular complexity index is 810. The number of rotatable bonds is 8. The molecule has 5 heteroatoms. The van der Waals surface area contributed by atoms with Crippen LogP contribution in [0.3, 0.4) is 0 Å². The van der Waals surface area contributed by atoms with Gasteiger partial charge in [-0.1, -0.05) is 56.3 Å². The average molecular weight is 408 g/mol. The van der Waals surface area contributed by atoms with Gasteiger partial charge in [0.15, 0.2) is 0 Å². The van der Waals surface area contributed by atoms with Crippen LogP contribution < -0.4 is 10.6 Å². The Hall–Kier alpha value is -2.66. The lowest BCUT2D eigenvalue weighted by Gasteiger charge is -2.30. The molecule has 0 bridgehead atoms. The van der Waals surface area contributed by atoms with Gasteiger partial charge in [0, 0.05) is 18.2 Å². The summed E-state index contributed by atoms with van der Waals surface area (Å²) in [4.78, 5) is 26.8. The lowest BCUT2D eigenvalue weighted by atomic mass is 9.96. The van der Waals surface area contributed by atoms with Crippen molar-refractivity contribution in [2.75, 3.05) is 31.5 Å². The van der Waals surface area contributed by atoms with Gasteiger partial charge in [-0.25, -0.2) is 0 Å². The molecule has 3 rings (SSSR count).